The van der Waals surface area contributed by atoms with Gasteiger partial charge in [0.2, 0.25) is 5.91 Å². The summed E-state index contributed by atoms with van der Waals surface area (Å²) >= 11 is 1.42. The summed E-state index contributed by atoms with van der Waals surface area (Å²) in [5.74, 6) is -0.860. The van der Waals surface area contributed by atoms with E-state index in [4.69, 9.17) is 5.73 Å². The van der Waals surface area contributed by atoms with E-state index in [0.717, 1.165) is 36.1 Å². The number of hydrogen-bond acceptors (Lipinski definition) is 4. The highest BCUT2D eigenvalue weighted by atomic mass is 32.1. The largest absolute Gasteiger partial charge is 0.365 e. The summed E-state index contributed by atoms with van der Waals surface area (Å²) in [5.41, 5.74) is 7.30. The molecule has 0 fully saturated rings. The number of fused-ring (bicyclic) bond motifs is 1. The first-order valence-electron chi connectivity index (χ1n) is 7.87. The zero-order valence-electron chi connectivity index (χ0n) is 13.4. The van der Waals surface area contributed by atoms with Crippen molar-refractivity contribution in [3.05, 3.63) is 50.3 Å². The Morgan fingerprint density at radius 2 is 2.08 bits per heavy atom. The average Bonchev–Trinajstić information content (AvgIpc) is 2.89. The number of carbonyl (C=O) groups is 2. The van der Waals surface area contributed by atoms with E-state index in [2.05, 4.69) is 5.32 Å². The van der Waals surface area contributed by atoms with Gasteiger partial charge in [-0.1, -0.05) is 6.07 Å². The molecule has 0 bridgehead atoms. The van der Waals surface area contributed by atoms with Crippen molar-refractivity contribution in [3.63, 3.8) is 0 Å². The SMILES string of the molecule is Cc1cccn(CC(=O)Nc2sc3c(c2C(N)=O)CCCC3)c1=O. The Morgan fingerprint density at radius 1 is 1.33 bits per heavy atom. The minimum absolute atomic E-state index is 0.0960. The van der Waals surface area contributed by atoms with Gasteiger partial charge in [-0.2, -0.15) is 0 Å². The van der Waals surface area contributed by atoms with Gasteiger partial charge in [-0.05, 0) is 44.2 Å². The molecule has 0 radical (unpaired) electrons. The van der Waals surface area contributed by atoms with Crippen LogP contribution < -0.4 is 16.6 Å². The molecule has 1 aliphatic carbocycles. The van der Waals surface area contributed by atoms with Gasteiger partial charge >= 0.3 is 0 Å². The van der Waals surface area contributed by atoms with Gasteiger partial charge in [0, 0.05) is 16.6 Å². The fourth-order valence-electron chi connectivity index (χ4n) is 3.02. The Labute approximate surface area is 143 Å². The molecule has 7 heteroatoms. The molecule has 0 spiro atoms. The molecule has 2 aromatic heterocycles. The standard InChI is InChI=1S/C17H19N3O3S/c1-10-5-4-8-20(17(10)23)9-13(21)19-16-14(15(18)22)11-6-2-3-7-12(11)24-16/h4-5,8H,2-3,6-7,9H2,1H3,(H2,18,22)(H,19,21). The Balaban J connectivity index is 1.84. The van der Waals surface area contributed by atoms with Crippen molar-refractivity contribution in [2.45, 2.75) is 39.2 Å². The fourth-order valence-corrected chi connectivity index (χ4v) is 4.33. The molecule has 2 heterocycles. The molecule has 24 heavy (non-hydrogen) atoms. The van der Waals surface area contributed by atoms with Crippen LogP contribution in [-0.2, 0) is 24.2 Å². The monoisotopic (exact) mass is 345 g/mol. The Morgan fingerprint density at radius 3 is 2.83 bits per heavy atom. The summed E-state index contributed by atoms with van der Waals surface area (Å²) in [7, 11) is 0. The predicted molar refractivity (Wildman–Crippen MR) is 93.5 cm³/mol. The van der Waals surface area contributed by atoms with Crippen LogP contribution in [0, 0.1) is 6.92 Å². The quantitative estimate of drug-likeness (QED) is 0.885. The summed E-state index contributed by atoms with van der Waals surface area (Å²) in [6, 6.07) is 3.43. The van der Waals surface area contributed by atoms with Crippen LogP contribution in [0.5, 0.6) is 0 Å². The van der Waals surface area contributed by atoms with E-state index in [1.54, 1.807) is 25.3 Å². The highest BCUT2D eigenvalue weighted by Gasteiger charge is 2.25. The molecule has 0 aromatic carbocycles. The van der Waals surface area contributed by atoms with Crippen LogP contribution in [0.2, 0.25) is 0 Å². The lowest BCUT2D eigenvalue weighted by molar-refractivity contribution is -0.116. The summed E-state index contributed by atoms with van der Waals surface area (Å²) in [5, 5.41) is 3.26. The van der Waals surface area contributed by atoms with Crippen molar-refractivity contribution < 1.29 is 9.59 Å². The molecular weight excluding hydrogens is 326 g/mol. The van der Waals surface area contributed by atoms with E-state index in [9.17, 15) is 14.4 Å². The van der Waals surface area contributed by atoms with E-state index in [1.165, 1.54) is 15.9 Å². The topological polar surface area (TPSA) is 94.2 Å². The molecule has 0 saturated heterocycles. The normalized spacial score (nSPS) is 13.4. The lowest BCUT2D eigenvalue weighted by atomic mass is 9.95. The molecule has 2 amide bonds. The van der Waals surface area contributed by atoms with Crippen molar-refractivity contribution in [2.24, 2.45) is 5.73 Å². The third-order valence-corrected chi connectivity index (χ3v) is 5.40. The number of amides is 2. The van der Waals surface area contributed by atoms with Gasteiger partial charge in [0.05, 0.1) is 5.56 Å². The molecule has 3 N–H and O–H groups in total. The van der Waals surface area contributed by atoms with E-state index < -0.39 is 5.91 Å². The number of rotatable bonds is 4. The third-order valence-electron chi connectivity index (χ3n) is 4.20. The summed E-state index contributed by atoms with van der Waals surface area (Å²) in [6.07, 6.45) is 5.40. The first-order chi connectivity index (χ1) is 11.5. The smallest absolute Gasteiger partial charge is 0.253 e. The number of anilines is 1. The number of nitrogens with zero attached hydrogens (tertiary/aromatic N) is 1. The van der Waals surface area contributed by atoms with Crippen LogP contribution in [-0.4, -0.2) is 16.4 Å². The number of aromatic nitrogens is 1. The van der Waals surface area contributed by atoms with Gasteiger partial charge in [-0.25, -0.2) is 0 Å². The molecule has 0 atom stereocenters. The van der Waals surface area contributed by atoms with Crippen molar-refractivity contribution in [2.75, 3.05) is 5.32 Å². The molecule has 1 aliphatic rings. The second-order valence-corrected chi connectivity index (χ2v) is 7.06. The number of pyridine rings is 1. The van der Waals surface area contributed by atoms with E-state index in [0.29, 0.717) is 16.1 Å². The molecule has 3 rings (SSSR count). The van der Waals surface area contributed by atoms with E-state index in [-0.39, 0.29) is 18.0 Å². The number of hydrogen-bond donors (Lipinski definition) is 2. The van der Waals surface area contributed by atoms with Gasteiger partial charge in [-0.15, -0.1) is 11.3 Å². The Bertz CT molecular complexity index is 866. The molecule has 126 valence electrons. The van der Waals surface area contributed by atoms with Crippen molar-refractivity contribution >= 4 is 28.2 Å². The predicted octanol–water partition coefficient (Wildman–Crippen LogP) is 1.83. The van der Waals surface area contributed by atoms with Crippen LogP contribution in [0.15, 0.2) is 23.1 Å². The number of aryl methyl sites for hydroxylation is 2. The fraction of sp³-hybridized carbons (Fsp3) is 0.353. The molecule has 6 nitrogen and oxygen atoms in total. The Kier molecular flexibility index (Phi) is 4.53. The molecular formula is C17H19N3O3S. The second-order valence-electron chi connectivity index (χ2n) is 5.95. The number of nitrogens with one attached hydrogen (secondary N) is 1. The molecule has 0 aliphatic heterocycles. The zero-order chi connectivity index (χ0) is 17.3. The van der Waals surface area contributed by atoms with Crippen molar-refractivity contribution in [1.29, 1.82) is 0 Å². The maximum atomic E-state index is 12.3. The molecule has 2 aromatic rings. The van der Waals surface area contributed by atoms with Crippen LogP contribution >= 0.6 is 11.3 Å². The van der Waals surface area contributed by atoms with Crippen LogP contribution in [0.3, 0.4) is 0 Å². The number of thiophene rings is 1. The highest BCUT2D eigenvalue weighted by molar-refractivity contribution is 7.17. The Hall–Kier alpha value is -2.41. The lowest BCUT2D eigenvalue weighted by Crippen LogP contribution is -2.28. The van der Waals surface area contributed by atoms with Crippen LogP contribution in [0.4, 0.5) is 5.00 Å². The number of primary amides is 1. The van der Waals surface area contributed by atoms with Gasteiger partial charge in [0.15, 0.2) is 0 Å². The summed E-state index contributed by atoms with van der Waals surface area (Å²) in [6.45, 7) is 1.61. The van der Waals surface area contributed by atoms with E-state index >= 15 is 0 Å². The van der Waals surface area contributed by atoms with Crippen molar-refractivity contribution in [3.8, 4) is 0 Å². The first-order valence-corrected chi connectivity index (χ1v) is 8.69. The molecule has 0 saturated carbocycles. The summed E-state index contributed by atoms with van der Waals surface area (Å²) < 4.78 is 1.35. The van der Waals surface area contributed by atoms with Crippen LogP contribution in [0.1, 0.15) is 39.2 Å². The minimum Gasteiger partial charge on any atom is -0.365 e. The lowest BCUT2D eigenvalue weighted by Gasteiger charge is -2.11. The van der Waals surface area contributed by atoms with Crippen LogP contribution in [0.25, 0.3) is 0 Å². The zero-order valence-corrected chi connectivity index (χ0v) is 14.2. The molecule has 0 unspecified atom stereocenters. The summed E-state index contributed by atoms with van der Waals surface area (Å²) in [4.78, 5) is 37.3. The van der Waals surface area contributed by atoms with Gasteiger partial charge in [0.25, 0.3) is 11.5 Å². The first kappa shape index (κ1) is 16.4. The maximum absolute atomic E-state index is 12.3. The number of nitrogens with two attached hydrogens (primary N) is 1. The minimum atomic E-state index is -0.516. The van der Waals surface area contributed by atoms with E-state index in [1.807, 2.05) is 0 Å². The highest BCUT2D eigenvalue weighted by Crippen LogP contribution is 2.37. The van der Waals surface area contributed by atoms with Gasteiger partial charge < -0.3 is 15.6 Å². The average molecular weight is 345 g/mol. The maximum Gasteiger partial charge on any atom is 0.253 e. The van der Waals surface area contributed by atoms with Gasteiger partial charge in [0.1, 0.15) is 11.5 Å². The second kappa shape index (κ2) is 6.60. The number of carbonyl (C=O) groups excluding carboxylic acids is 2. The third kappa shape index (κ3) is 3.12. The van der Waals surface area contributed by atoms with Crippen molar-refractivity contribution in [1.82, 2.24) is 4.57 Å². The van der Waals surface area contributed by atoms with Gasteiger partial charge in [-0.3, -0.25) is 14.4 Å².